The number of rotatable bonds is 5. The second-order valence-electron chi connectivity index (χ2n) is 3.62. The van der Waals surface area contributed by atoms with Crippen molar-refractivity contribution < 1.29 is 4.74 Å². The maximum absolute atomic E-state index is 5.49. The summed E-state index contributed by atoms with van der Waals surface area (Å²) in [5.41, 5.74) is 2.12. The number of ether oxygens (including phenoxy) is 1. The van der Waals surface area contributed by atoms with Crippen LogP contribution in [0.4, 0.5) is 0 Å². The first-order valence-electron chi connectivity index (χ1n) is 5.65. The molecule has 0 amide bonds. The van der Waals surface area contributed by atoms with Crippen LogP contribution in [-0.2, 0) is 6.54 Å². The SMILES string of the molecule is CCOc1cccc(-c2csc(CNC)n2)c1. The van der Waals surface area contributed by atoms with Crippen LogP contribution in [0.2, 0.25) is 0 Å². The summed E-state index contributed by atoms with van der Waals surface area (Å²) < 4.78 is 5.49. The van der Waals surface area contributed by atoms with Gasteiger partial charge in [-0.1, -0.05) is 12.1 Å². The van der Waals surface area contributed by atoms with Crippen LogP contribution in [0.3, 0.4) is 0 Å². The summed E-state index contributed by atoms with van der Waals surface area (Å²) >= 11 is 1.67. The summed E-state index contributed by atoms with van der Waals surface area (Å²) in [5.74, 6) is 0.896. The lowest BCUT2D eigenvalue weighted by Gasteiger charge is -2.04. The van der Waals surface area contributed by atoms with E-state index in [9.17, 15) is 0 Å². The molecule has 1 N–H and O–H groups in total. The first kappa shape index (κ1) is 12.1. The van der Waals surface area contributed by atoms with Crippen molar-refractivity contribution in [3.8, 4) is 17.0 Å². The molecule has 0 aliphatic rings. The van der Waals surface area contributed by atoms with E-state index in [1.54, 1.807) is 11.3 Å². The molecule has 90 valence electrons. The molecule has 0 spiro atoms. The zero-order valence-corrected chi connectivity index (χ0v) is 10.9. The first-order valence-corrected chi connectivity index (χ1v) is 6.53. The molecule has 3 nitrogen and oxygen atoms in total. The van der Waals surface area contributed by atoms with Gasteiger partial charge in [-0.15, -0.1) is 11.3 Å². The Labute approximate surface area is 105 Å². The minimum atomic E-state index is 0.686. The molecule has 0 aliphatic carbocycles. The van der Waals surface area contributed by atoms with E-state index >= 15 is 0 Å². The highest BCUT2D eigenvalue weighted by atomic mass is 32.1. The van der Waals surface area contributed by atoms with Crippen molar-refractivity contribution in [1.82, 2.24) is 10.3 Å². The van der Waals surface area contributed by atoms with Crippen molar-refractivity contribution in [2.45, 2.75) is 13.5 Å². The first-order chi connectivity index (χ1) is 8.33. The summed E-state index contributed by atoms with van der Waals surface area (Å²) in [7, 11) is 1.93. The van der Waals surface area contributed by atoms with E-state index in [1.165, 1.54) is 0 Å². The van der Waals surface area contributed by atoms with Gasteiger partial charge in [0.05, 0.1) is 12.3 Å². The summed E-state index contributed by atoms with van der Waals surface area (Å²) in [6, 6.07) is 8.05. The lowest BCUT2D eigenvalue weighted by molar-refractivity contribution is 0.340. The van der Waals surface area contributed by atoms with E-state index in [4.69, 9.17) is 4.74 Å². The summed E-state index contributed by atoms with van der Waals surface area (Å²) in [5, 5.41) is 6.29. The van der Waals surface area contributed by atoms with Gasteiger partial charge in [0.1, 0.15) is 10.8 Å². The fourth-order valence-corrected chi connectivity index (χ4v) is 2.40. The largest absolute Gasteiger partial charge is 0.494 e. The van der Waals surface area contributed by atoms with Crippen molar-refractivity contribution in [2.75, 3.05) is 13.7 Å². The molecule has 1 heterocycles. The third-order valence-electron chi connectivity index (χ3n) is 2.32. The van der Waals surface area contributed by atoms with E-state index in [0.29, 0.717) is 6.61 Å². The fourth-order valence-electron chi connectivity index (χ4n) is 1.59. The zero-order valence-electron chi connectivity index (χ0n) is 10.1. The van der Waals surface area contributed by atoms with Crippen molar-refractivity contribution in [3.05, 3.63) is 34.7 Å². The number of thiazole rings is 1. The number of hydrogen-bond donors (Lipinski definition) is 1. The second kappa shape index (κ2) is 5.80. The van der Waals surface area contributed by atoms with Crippen LogP contribution in [0, 0.1) is 0 Å². The second-order valence-corrected chi connectivity index (χ2v) is 4.56. The van der Waals surface area contributed by atoms with Crippen LogP contribution in [0.15, 0.2) is 29.6 Å². The number of benzene rings is 1. The highest BCUT2D eigenvalue weighted by molar-refractivity contribution is 7.09. The van der Waals surface area contributed by atoms with Crippen molar-refractivity contribution in [3.63, 3.8) is 0 Å². The molecule has 0 saturated heterocycles. The molecule has 0 saturated carbocycles. The smallest absolute Gasteiger partial charge is 0.119 e. The van der Waals surface area contributed by atoms with Gasteiger partial charge in [0.25, 0.3) is 0 Å². The molecule has 0 atom stereocenters. The monoisotopic (exact) mass is 248 g/mol. The van der Waals surface area contributed by atoms with Gasteiger partial charge in [0.2, 0.25) is 0 Å². The molecule has 0 radical (unpaired) electrons. The molecule has 1 aromatic carbocycles. The Morgan fingerprint density at radius 2 is 2.29 bits per heavy atom. The van der Waals surface area contributed by atoms with Crippen LogP contribution in [-0.4, -0.2) is 18.6 Å². The average Bonchev–Trinajstić information content (AvgIpc) is 2.79. The van der Waals surface area contributed by atoms with Gasteiger partial charge in [-0.2, -0.15) is 0 Å². The Kier molecular flexibility index (Phi) is 4.12. The van der Waals surface area contributed by atoms with Crippen molar-refractivity contribution >= 4 is 11.3 Å². The van der Waals surface area contributed by atoms with Gasteiger partial charge >= 0.3 is 0 Å². The number of nitrogens with zero attached hydrogens (tertiary/aromatic N) is 1. The average molecular weight is 248 g/mol. The highest BCUT2D eigenvalue weighted by Gasteiger charge is 2.04. The van der Waals surface area contributed by atoms with E-state index in [2.05, 4.69) is 21.7 Å². The molecular formula is C13H16N2OS. The number of nitrogens with one attached hydrogen (secondary N) is 1. The molecular weight excluding hydrogens is 232 g/mol. The van der Waals surface area contributed by atoms with Gasteiger partial charge in [-0.3, -0.25) is 0 Å². The summed E-state index contributed by atoms with van der Waals surface area (Å²) in [6.45, 7) is 3.49. The Morgan fingerprint density at radius 1 is 1.41 bits per heavy atom. The third kappa shape index (κ3) is 3.05. The van der Waals surface area contributed by atoms with Crippen molar-refractivity contribution in [2.24, 2.45) is 0 Å². The predicted molar refractivity (Wildman–Crippen MR) is 71.5 cm³/mol. The summed E-state index contributed by atoms with van der Waals surface area (Å²) in [6.07, 6.45) is 0. The van der Waals surface area contributed by atoms with Crippen LogP contribution >= 0.6 is 11.3 Å². The van der Waals surface area contributed by atoms with E-state index in [0.717, 1.165) is 28.6 Å². The number of hydrogen-bond acceptors (Lipinski definition) is 4. The molecule has 0 bridgehead atoms. The normalized spacial score (nSPS) is 10.5. The quantitative estimate of drug-likeness (QED) is 0.883. The fraction of sp³-hybridized carbons (Fsp3) is 0.308. The molecule has 1 aromatic heterocycles. The lowest BCUT2D eigenvalue weighted by atomic mass is 10.2. The Hall–Kier alpha value is -1.39. The maximum atomic E-state index is 5.49. The van der Waals surface area contributed by atoms with E-state index in [-0.39, 0.29) is 0 Å². The van der Waals surface area contributed by atoms with Crippen molar-refractivity contribution in [1.29, 1.82) is 0 Å². The van der Waals surface area contributed by atoms with Crippen LogP contribution in [0.5, 0.6) is 5.75 Å². The molecule has 0 fully saturated rings. The Bertz CT molecular complexity index is 482. The van der Waals surface area contributed by atoms with Crippen LogP contribution in [0.25, 0.3) is 11.3 Å². The van der Waals surface area contributed by atoms with Crippen LogP contribution < -0.4 is 10.1 Å². The van der Waals surface area contributed by atoms with Gasteiger partial charge in [0.15, 0.2) is 0 Å². The van der Waals surface area contributed by atoms with Crippen LogP contribution in [0.1, 0.15) is 11.9 Å². The van der Waals surface area contributed by atoms with Gasteiger partial charge < -0.3 is 10.1 Å². The number of aromatic nitrogens is 1. The minimum absolute atomic E-state index is 0.686. The molecule has 4 heteroatoms. The molecule has 17 heavy (non-hydrogen) atoms. The van der Waals surface area contributed by atoms with Gasteiger partial charge in [0, 0.05) is 17.5 Å². The molecule has 2 aromatic rings. The van der Waals surface area contributed by atoms with Gasteiger partial charge in [-0.05, 0) is 26.1 Å². The lowest BCUT2D eigenvalue weighted by Crippen LogP contribution is -2.04. The molecule has 2 rings (SSSR count). The summed E-state index contributed by atoms with van der Waals surface area (Å²) in [4.78, 5) is 4.57. The zero-order chi connectivity index (χ0) is 12.1. The minimum Gasteiger partial charge on any atom is -0.494 e. The standard InChI is InChI=1S/C13H16N2OS/c1-3-16-11-6-4-5-10(7-11)12-9-17-13(15-12)8-14-2/h4-7,9,14H,3,8H2,1-2H3. The Morgan fingerprint density at radius 3 is 3.06 bits per heavy atom. The Balaban J connectivity index is 2.22. The van der Waals surface area contributed by atoms with E-state index < -0.39 is 0 Å². The predicted octanol–water partition coefficient (Wildman–Crippen LogP) is 2.93. The molecule has 0 aliphatic heterocycles. The topological polar surface area (TPSA) is 34.1 Å². The van der Waals surface area contributed by atoms with Gasteiger partial charge in [-0.25, -0.2) is 4.98 Å². The third-order valence-corrected chi connectivity index (χ3v) is 3.17. The maximum Gasteiger partial charge on any atom is 0.119 e. The molecule has 0 unspecified atom stereocenters. The highest BCUT2D eigenvalue weighted by Crippen LogP contribution is 2.25. The van der Waals surface area contributed by atoms with E-state index in [1.807, 2.05) is 32.2 Å².